The molecule has 1 N–H and O–H groups in total. The van der Waals surface area contributed by atoms with E-state index in [4.69, 9.17) is 14.2 Å². The van der Waals surface area contributed by atoms with Crippen LogP contribution in [0.15, 0.2) is 0 Å². The van der Waals surface area contributed by atoms with Crippen molar-refractivity contribution >= 4 is 5.78 Å². The molecular formula is C14H27NO4. The van der Waals surface area contributed by atoms with E-state index in [0.717, 1.165) is 45.1 Å². The van der Waals surface area contributed by atoms with E-state index in [0.29, 0.717) is 12.2 Å². The molecule has 19 heavy (non-hydrogen) atoms. The molecule has 0 aliphatic carbocycles. The fraction of sp³-hybridized carbons (Fsp3) is 0.929. The van der Waals surface area contributed by atoms with Crippen LogP contribution in [0, 0.1) is 0 Å². The van der Waals surface area contributed by atoms with E-state index in [1.807, 2.05) is 0 Å². The van der Waals surface area contributed by atoms with Crippen molar-refractivity contribution in [2.45, 2.75) is 57.0 Å². The zero-order valence-corrected chi connectivity index (χ0v) is 12.4. The van der Waals surface area contributed by atoms with E-state index in [1.165, 1.54) is 0 Å². The van der Waals surface area contributed by atoms with Gasteiger partial charge in [-0.2, -0.15) is 0 Å². The minimum atomic E-state index is -0.900. The van der Waals surface area contributed by atoms with Crippen LogP contribution in [0.5, 0.6) is 0 Å². The lowest BCUT2D eigenvalue weighted by atomic mass is 10.0. The number of ketones is 1. The summed E-state index contributed by atoms with van der Waals surface area (Å²) in [7, 11) is 4.76. The molecule has 0 amide bonds. The van der Waals surface area contributed by atoms with Crippen molar-refractivity contribution in [1.29, 1.82) is 0 Å². The molecule has 0 aromatic rings. The average molecular weight is 273 g/mol. The molecule has 1 unspecified atom stereocenters. The Bertz CT molecular complexity index is 258. The quantitative estimate of drug-likeness (QED) is 0.486. The van der Waals surface area contributed by atoms with E-state index < -0.39 is 5.97 Å². The fourth-order valence-corrected chi connectivity index (χ4v) is 2.52. The summed E-state index contributed by atoms with van der Waals surface area (Å²) < 4.78 is 15.7. The van der Waals surface area contributed by atoms with Crippen molar-refractivity contribution in [1.82, 2.24) is 5.32 Å². The van der Waals surface area contributed by atoms with Crippen LogP contribution < -0.4 is 5.32 Å². The van der Waals surface area contributed by atoms with Gasteiger partial charge in [0.15, 0.2) is 5.78 Å². The van der Waals surface area contributed by atoms with Gasteiger partial charge in [0.05, 0.1) is 6.04 Å². The maximum atomic E-state index is 11.4. The molecule has 1 saturated heterocycles. The third-order valence-electron chi connectivity index (χ3n) is 3.81. The van der Waals surface area contributed by atoms with Gasteiger partial charge in [-0.25, -0.2) is 0 Å². The predicted octanol–water partition coefficient (Wildman–Crippen LogP) is 1.85. The van der Waals surface area contributed by atoms with Crippen molar-refractivity contribution < 1.29 is 19.0 Å². The van der Waals surface area contributed by atoms with Crippen LogP contribution in [0.25, 0.3) is 0 Å². The molecule has 1 heterocycles. The number of hydrogen-bond acceptors (Lipinski definition) is 5. The maximum Gasteiger partial charge on any atom is 0.282 e. The summed E-state index contributed by atoms with van der Waals surface area (Å²) in [5, 5.41) is 3.24. The third-order valence-corrected chi connectivity index (χ3v) is 3.81. The molecule has 0 aromatic carbocycles. The van der Waals surface area contributed by atoms with Gasteiger partial charge in [-0.05, 0) is 12.8 Å². The van der Waals surface area contributed by atoms with E-state index in [1.54, 1.807) is 21.3 Å². The van der Waals surface area contributed by atoms with Gasteiger partial charge in [-0.1, -0.05) is 19.3 Å². The van der Waals surface area contributed by atoms with E-state index in [-0.39, 0.29) is 6.04 Å². The Morgan fingerprint density at radius 2 is 1.74 bits per heavy atom. The highest BCUT2D eigenvalue weighted by molar-refractivity contribution is 5.86. The van der Waals surface area contributed by atoms with Crippen molar-refractivity contribution in [3.05, 3.63) is 0 Å². The average Bonchev–Trinajstić information content (AvgIpc) is 2.84. The first kappa shape index (κ1) is 16.6. The Labute approximate surface area is 116 Å². The lowest BCUT2D eigenvalue weighted by Gasteiger charge is -2.28. The zero-order valence-electron chi connectivity index (χ0n) is 12.4. The summed E-state index contributed by atoms with van der Waals surface area (Å²) in [5.41, 5.74) is 0. The lowest BCUT2D eigenvalue weighted by Crippen LogP contribution is -2.35. The van der Waals surface area contributed by atoms with Crippen LogP contribution in [0.1, 0.15) is 44.9 Å². The number of ether oxygens (including phenoxy) is 3. The van der Waals surface area contributed by atoms with Gasteiger partial charge in [0.1, 0.15) is 0 Å². The van der Waals surface area contributed by atoms with Crippen LogP contribution in [-0.2, 0) is 19.0 Å². The summed E-state index contributed by atoms with van der Waals surface area (Å²) in [6.45, 7) is 0.849. The Balaban J connectivity index is 2.06. The number of hydrogen-bond donors (Lipinski definition) is 1. The van der Waals surface area contributed by atoms with Crippen molar-refractivity contribution in [3.8, 4) is 0 Å². The van der Waals surface area contributed by atoms with Gasteiger partial charge >= 0.3 is 0 Å². The number of methoxy groups -OCH3 is 3. The second-order valence-corrected chi connectivity index (χ2v) is 4.97. The molecule has 1 rings (SSSR count). The predicted molar refractivity (Wildman–Crippen MR) is 72.9 cm³/mol. The third kappa shape index (κ3) is 5.18. The molecule has 0 aromatic heterocycles. The van der Waals surface area contributed by atoms with Crippen LogP contribution >= 0.6 is 0 Å². The monoisotopic (exact) mass is 273 g/mol. The Morgan fingerprint density at radius 3 is 2.26 bits per heavy atom. The van der Waals surface area contributed by atoms with E-state index in [2.05, 4.69) is 5.32 Å². The van der Waals surface area contributed by atoms with Gasteiger partial charge in [-0.3, -0.25) is 4.79 Å². The molecule has 5 nitrogen and oxygen atoms in total. The molecule has 1 aliphatic heterocycles. The summed E-state index contributed by atoms with van der Waals surface area (Å²) in [6.07, 6.45) is 6.67. The van der Waals surface area contributed by atoms with Gasteiger partial charge in [-0.15, -0.1) is 0 Å². The smallest absolute Gasteiger partial charge is 0.282 e. The second-order valence-electron chi connectivity index (χ2n) is 4.97. The zero-order chi connectivity index (χ0) is 14.1. The maximum absolute atomic E-state index is 11.4. The van der Waals surface area contributed by atoms with E-state index in [9.17, 15) is 4.79 Å². The number of unbranched alkanes of at least 4 members (excludes halogenated alkanes) is 3. The normalized spacial score (nSPS) is 20.2. The highest BCUT2D eigenvalue weighted by Gasteiger charge is 2.28. The number of nitrogens with one attached hydrogen (secondary N) is 1. The molecule has 0 saturated carbocycles. The number of rotatable bonds is 10. The highest BCUT2D eigenvalue weighted by atomic mass is 16.9. The molecule has 0 bridgehead atoms. The van der Waals surface area contributed by atoms with Crippen LogP contribution in [0.2, 0.25) is 0 Å². The van der Waals surface area contributed by atoms with Gasteiger partial charge in [0, 0.05) is 40.7 Å². The summed E-state index contributed by atoms with van der Waals surface area (Å²) in [6, 6.07) is 0.107. The minimum absolute atomic E-state index is 0.107. The van der Waals surface area contributed by atoms with Crippen LogP contribution in [0.4, 0.5) is 0 Å². The number of carbonyl (C=O) groups is 1. The summed E-state index contributed by atoms with van der Waals surface area (Å²) >= 11 is 0. The Kier molecular flexibility index (Phi) is 7.53. The second kappa shape index (κ2) is 8.64. The molecule has 5 heteroatoms. The molecule has 112 valence electrons. The van der Waals surface area contributed by atoms with Gasteiger partial charge < -0.3 is 19.5 Å². The van der Waals surface area contributed by atoms with Crippen molar-refractivity contribution in [2.75, 3.05) is 27.9 Å². The SMILES string of the molecule is COC(CCCCCCC1NCCC1=O)(OC)OC. The summed E-state index contributed by atoms with van der Waals surface area (Å²) in [4.78, 5) is 11.4. The largest absolute Gasteiger partial charge is 0.331 e. The number of carbonyl (C=O) groups excluding carboxylic acids is 1. The van der Waals surface area contributed by atoms with Crippen LogP contribution in [-0.4, -0.2) is 45.7 Å². The molecular weight excluding hydrogens is 246 g/mol. The van der Waals surface area contributed by atoms with E-state index >= 15 is 0 Å². The first-order valence-corrected chi connectivity index (χ1v) is 7.09. The topological polar surface area (TPSA) is 56.8 Å². The molecule has 0 spiro atoms. The molecule has 1 atom stereocenters. The molecule has 0 radical (unpaired) electrons. The fourth-order valence-electron chi connectivity index (χ4n) is 2.52. The Hall–Kier alpha value is -0.490. The molecule has 1 aliphatic rings. The van der Waals surface area contributed by atoms with Crippen molar-refractivity contribution in [2.24, 2.45) is 0 Å². The first-order valence-electron chi connectivity index (χ1n) is 7.09. The van der Waals surface area contributed by atoms with Crippen molar-refractivity contribution in [3.63, 3.8) is 0 Å². The first-order chi connectivity index (χ1) is 9.17. The van der Waals surface area contributed by atoms with Crippen LogP contribution in [0.3, 0.4) is 0 Å². The van der Waals surface area contributed by atoms with Gasteiger partial charge in [0.25, 0.3) is 5.97 Å². The lowest BCUT2D eigenvalue weighted by molar-refractivity contribution is -0.355. The highest BCUT2D eigenvalue weighted by Crippen LogP contribution is 2.21. The Morgan fingerprint density at radius 1 is 1.11 bits per heavy atom. The minimum Gasteiger partial charge on any atom is -0.331 e. The molecule has 1 fully saturated rings. The number of Topliss-reactive ketones (excluding diaryl/α,β-unsaturated/α-hetero) is 1. The van der Waals surface area contributed by atoms with Gasteiger partial charge in [0.2, 0.25) is 0 Å². The standard InChI is InChI=1S/C14H27NO4/c1-17-14(18-2,19-3)10-7-5-4-6-8-12-13(16)9-11-15-12/h12,15H,4-11H2,1-3H3. The summed E-state index contributed by atoms with van der Waals surface area (Å²) in [5.74, 6) is -0.527.